The zero-order valence-corrected chi connectivity index (χ0v) is 19.6. The predicted molar refractivity (Wildman–Crippen MR) is 130 cm³/mol. The number of ether oxygens (including phenoxy) is 2. The van der Waals surface area contributed by atoms with Gasteiger partial charge in [-0.2, -0.15) is 0 Å². The smallest absolute Gasteiger partial charge is 0.248 e. The van der Waals surface area contributed by atoms with Crippen molar-refractivity contribution in [1.82, 2.24) is 14.9 Å². The van der Waals surface area contributed by atoms with Gasteiger partial charge >= 0.3 is 0 Å². The Morgan fingerprint density at radius 2 is 2.18 bits per heavy atom. The lowest BCUT2D eigenvalue weighted by Gasteiger charge is -2.17. The normalized spacial score (nSPS) is 15.9. The number of amides is 1. The zero-order valence-electron chi connectivity index (χ0n) is 18.8. The van der Waals surface area contributed by atoms with Crippen LogP contribution in [0.5, 0.6) is 5.75 Å². The number of likely N-dealkylation sites (N-methyl/N-ethyl adjacent to an activating group) is 1. The minimum atomic E-state index is -0.509. The van der Waals surface area contributed by atoms with Gasteiger partial charge < -0.3 is 25.0 Å². The summed E-state index contributed by atoms with van der Waals surface area (Å²) < 4.78 is 25.1. The first-order valence-electron chi connectivity index (χ1n) is 10.8. The lowest BCUT2D eigenvalue weighted by Crippen LogP contribution is -2.18. The molecule has 0 spiro atoms. The van der Waals surface area contributed by atoms with Gasteiger partial charge in [-0.05, 0) is 38.4 Å². The fraction of sp³-hybridized carbons (Fsp3) is 0.292. The van der Waals surface area contributed by atoms with Gasteiger partial charge in [0.05, 0.1) is 29.4 Å². The minimum Gasteiger partial charge on any atom is -0.486 e. The minimum absolute atomic E-state index is 0.00436. The molecule has 1 aliphatic rings. The highest BCUT2D eigenvalue weighted by molar-refractivity contribution is 6.31. The van der Waals surface area contributed by atoms with E-state index in [1.54, 1.807) is 24.3 Å². The molecule has 1 amide bonds. The van der Waals surface area contributed by atoms with Crippen molar-refractivity contribution in [1.29, 1.82) is 0 Å². The van der Waals surface area contributed by atoms with Crippen LogP contribution in [-0.4, -0.2) is 60.7 Å². The molecule has 1 aromatic heterocycles. The standard InChI is InChI=1S/C24H25ClFN5O3/c1-31(2)8-3-4-23(32)30-21-11-17-20(12-22(21)34-16-7-9-33-13-16)27-14-28-24(17)29-15-5-6-19(26)18(25)10-15/h3-6,10-12,14,16H,7-9,13H2,1-2H3,(H,30,32)(H,27,28,29)/b4-3+/t16-/m1/s1. The fourth-order valence-electron chi connectivity index (χ4n) is 3.42. The molecule has 0 radical (unpaired) electrons. The molecule has 0 saturated carbocycles. The first kappa shape index (κ1) is 23.9. The Morgan fingerprint density at radius 1 is 1.32 bits per heavy atom. The molecule has 2 N–H and O–H groups in total. The average molecular weight is 486 g/mol. The number of benzene rings is 2. The number of anilines is 3. The van der Waals surface area contributed by atoms with Crippen LogP contribution < -0.4 is 15.4 Å². The van der Waals surface area contributed by atoms with Gasteiger partial charge in [0.1, 0.15) is 29.8 Å². The Hall–Kier alpha value is -3.27. The lowest BCUT2D eigenvalue weighted by atomic mass is 10.1. The number of nitrogens with one attached hydrogen (secondary N) is 2. The number of carbonyl (C=O) groups is 1. The van der Waals surface area contributed by atoms with Crippen LogP contribution in [0.2, 0.25) is 5.02 Å². The molecule has 1 atom stereocenters. The monoisotopic (exact) mass is 485 g/mol. The van der Waals surface area contributed by atoms with Crippen LogP contribution in [0.15, 0.2) is 48.8 Å². The largest absolute Gasteiger partial charge is 0.486 e. The molecule has 1 aliphatic heterocycles. The van der Waals surface area contributed by atoms with E-state index >= 15 is 0 Å². The van der Waals surface area contributed by atoms with E-state index in [1.807, 2.05) is 19.0 Å². The molecule has 2 aromatic carbocycles. The van der Waals surface area contributed by atoms with E-state index in [0.717, 1.165) is 6.42 Å². The van der Waals surface area contributed by atoms with Crippen molar-refractivity contribution < 1.29 is 18.7 Å². The van der Waals surface area contributed by atoms with Crippen molar-refractivity contribution >= 4 is 45.6 Å². The van der Waals surface area contributed by atoms with Gasteiger partial charge in [0.2, 0.25) is 5.91 Å². The summed E-state index contributed by atoms with van der Waals surface area (Å²) in [6.45, 7) is 1.75. The molecular weight excluding hydrogens is 461 g/mol. The molecular formula is C24H25ClFN5O3. The van der Waals surface area contributed by atoms with Gasteiger partial charge in [0.15, 0.2) is 0 Å². The maximum absolute atomic E-state index is 13.6. The number of hydrogen-bond donors (Lipinski definition) is 2. The van der Waals surface area contributed by atoms with Crippen molar-refractivity contribution in [2.45, 2.75) is 12.5 Å². The third kappa shape index (κ3) is 5.99. The quantitative estimate of drug-likeness (QED) is 0.457. The van der Waals surface area contributed by atoms with E-state index in [2.05, 4.69) is 20.6 Å². The second kappa shape index (κ2) is 10.8. The second-order valence-electron chi connectivity index (χ2n) is 8.10. The molecule has 10 heteroatoms. The number of carbonyl (C=O) groups excluding carboxylic acids is 1. The van der Waals surface area contributed by atoms with Gasteiger partial charge in [-0.25, -0.2) is 14.4 Å². The summed E-state index contributed by atoms with van der Waals surface area (Å²) in [6, 6.07) is 7.82. The molecule has 2 heterocycles. The Bertz CT molecular complexity index is 1210. The maximum Gasteiger partial charge on any atom is 0.248 e. The van der Waals surface area contributed by atoms with Crippen molar-refractivity contribution in [2.24, 2.45) is 0 Å². The number of fused-ring (bicyclic) bond motifs is 1. The van der Waals surface area contributed by atoms with E-state index < -0.39 is 5.82 Å². The molecule has 0 aliphatic carbocycles. The van der Waals surface area contributed by atoms with Gasteiger partial charge in [0, 0.05) is 36.2 Å². The van der Waals surface area contributed by atoms with Crippen LogP contribution in [0.1, 0.15) is 6.42 Å². The highest BCUT2D eigenvalue weighted by Crippen LogP contribution is 2.35. The first-order chi connectivity index (χ1) is 16.4. The molecule has 1 fully saturated rings. The molecule has 0 unspecified atom stereocenters. The van der Waals surface area contributed by atoms with Gasteiger partial charge in [-0.15, -0.1) is 0 Å². The topological polar surface area (TPSA) is 88.6 Å². The summed E-state index contributed by atoms with van der Waals surface area (Å²) in [5, 5.41) is 6.67. The third-order valence-electron chi connectivity index (χ3n) is 5.10. The average Bonchev–Trinajstić information content (AvgIpc) is 3.30. The van der Waals surface area contributed by atoms with Crippen LogP contribution in [0.25, 0.3) is 10.9 Å². The highest BCUT2D eigenvalue weighted by atomic mass is 35.5. The molecule has 4 rings (SSSR count). The highest BCUT2D eigenvalue weighted by Gasteiger charge is 2.20. The Labute approximate surface area is 201 Å². The number of aromatic nitrogens is 2. The van der Waals surface area contributed by atoms with E-state index in [0.29, 0.717) is 53.6 Å². The van der Waals surface area contributed by atoms with E-state index in [4.69, 9.17) is 21.1 Å². The summed E-state index contributed by atoms with van der Waals surface area (Å²) in [5.74, 6) is 0.170. The predicted octanol–water partition coefficient (Wildman–Crippen LogP) is 4.39. The fourth-order valence-corrected chi connectivity index (χ4v) is 3.60. The molecule has 34 heavy (non-hydrogen) atoms. The maximum atomic E-state index is 13.6. The Morgan fingerprint density at radius 3 is 2.91 bits per heavy atom. The molecule has 3 aromatic rings. The van der Waals surface area contributed by atoms with Crippen LogP contribution in [0.3, 0.4) is 0 Å². The zero-order chi connectivity index (χ0) is 24.1. The molecule has 1 saturated heterocycles. The van der Waals surface area contributed by atoms with Crippen molar-refractivity contribution in [3.05, 3.63) is 59.7 Å². The number of hydrogen-bond acceptors (Lipinski definition) is 7. The summed E-state index contributed by atoms with van der Waals surface area (Å²) in [4.78, 5) is 23.2. The summed E-state index contributed by atoms with van der Waals surface area (Å²) in [5.41, 5.74) is 1.65. The number of rotatable bonds is 8. The molecule has 178 valence electrons. The SMILES string of the molecule is CN(C)C/C=C/C(=O)Nc1cc2c(Nc3ccc(F)c(Cl)c3)ncnc2cc1O[C@@H]1CCOC1. The van der Waals surface area contributed by atoms with Gasteiger partial charge in [-0.3, -0.25) is 4.79 Å². The van der Waals surface area contributed by atoms with E-state index in [1.165, 1.54) is 24.5 Å². The lowest BCUT2D eigenvalue weighted by molar-refractivity contribution is -0.111. The summed E-state index contributed by atoms with van der Waals surface area (Å²) >= 11 is 5.91. The van der Waals surface area contributed by atoms with Crippen molar-refractivity contribution in [3.8, 4) is 5.75 Å². The van der Waals surface area contributed by atoms with E-state index in [9.17, 15) is 9.18 Å². The Balaban J connectivity index is 1.68. The first-order valence-corrected chi connectivity index (χ1v) is 11.1. The second-order valence-corrected chi connectivity index (χ2v) is 8.51. The van der Waals surface area contributed by atoms with Gasteiger partial charge in [0.25, 0.3) is 0 Å². The number of halogens is 2. The van der Waals surface area contributed by atoms with Gasteiger partial charge in [-0.1, -0.05) is 17.7 Å². The molecule has 0 bridgehead atoms. The van der Waals surface area contributed by atoms with Crippen LogP contribution in [0.4, 0.5) is 21.6 Å². The summed E-state index contributed by atoms with van der Waals surface area (Å²) in [6.07, 6.45) is 5.32. The molecule has 8 nitrogen and oxygen atoms in total. The van der Waals surface area contributed by atoms with E-state index in [-0.39, 0.29) is 17.0 Å². The Kier molecular flexibility index (Phi) is 7.56. The van der Waals surface area contributed by atoms with Crippen LogP contribution >= 0.6 is 11.6 Å². The van der Waals surface area contributed by atoms with Crippen LogP contribution in [0, 0.1) is 5.82 Å². The van der Waals surface area contributed by atoms with Crippen molar-refractivity contribution in [3.63, 3.8) is 0 Å². The number of nitrogens with zero attached hydrogens (tertiary/aromatic N) is 3. The van der Waals surface area contributed by atoms with Crippen molar-refractivity contribution in [2.75, 3.05) is 44.5 Å². The summed E-state index contributed by atoms with van der Waals surface area (Å²) in [7, 11) is 3.84. The third-order valence-corrected chi connectivity index (χ3v) is 5.39. The van der Waals surface area contributed by atoms with Crippen LogP contribution in [-0.2, 0) is 9.53 Å².